The minimum absolute atomic E-state index is 0.0826. The molecule has 2 aromatic rings. The zero-order valence-corrected chi connectivity index (χ0v) is 23.3. The summed E-state index contributed by atoms with van der Waals surface area (Å²) in [7, 11) is 1.70. The van der Waals surface area contributed by atoms with Crippen molar-refractivity contribution in [3.05, 3.63) is 77.2 Å². The molecule has 0 bridgehead atoms. The molecule has 0 spiro atoms. The number of aliphatic carboxylic acids is 1. The van der Waals surface area contributed by atoms with Crippen molar-refractivity contribution in [3.8, 4) is 0 Å². The number of allylic oxidation sites excluding steroid dienone is 2. The standard InChI is InChI=1S/C30H40FN3O5/c1-20(2)21(3)28(16-15-26(35)17-27(36)18-30(38)39)34(25-13-11-24(31)12-14-25)32-19-29(37)33(5)22(4)23-9-7-6-8-10-23/h6-14,19-20,22,26-27,35-36H,15-18H2,1-5H3,(H,38,39)/b28-21+,32-19+. The van der Waals surface area contributed by atoms with Crippen LogP contribution < -0.4 is 5.01 Å². The number of hydrogen-bond donors (Lipinski definition) is 3. The average molecular weight is 542 g/mol. The minimum Gasteiger partial charge on any atom is -0.481 e. The molecule has 0 aliphatic heterocycles. The van der Waals surface area contributed by atoms with Crippen molar-refractivity contribution in [2.45, 2.75) is 71.6 Å². The zero-order valence-electron chi connectivity index (χ0n) is 23.3. The van der Waals surface area contributed by atoms with E-state index in [-0.39, 0.29) is 30.7 Å². The number of carbonyl (C=O) groups excluding carboxylic acids is 1. The molecule has 0 aliphatic carbocycles. The molecular formula is C30H40FN3O5. The summed E-state index contributed by atoms with van der Waals surface area (Å²) < 4.78 is 13.7. The van der Waals surface area contributed by atoms with E-state index in [2.05, 4.69) is 5.10 Å². The van der Waals surface area contributed by atoms with Crippen molar-refractivity contribution in [1.29, 1.82) is 0 Å². The van der Waals surface area contributed by atoms with E-state index >= 15 is 0 Å². The van der Waals surface area contributed by atoms with Gasteiger partial charge in [0.1, 0.15) is 12.0 Å². The minimum atomic E-state index is -1.16. The van der Waals surface area contributed by atoms with Gasteiger partial charge in [0.15, 0.2) is 0 Å². The summed E-state index contributed by atoms with van der Waals surface area (Å²) >= 11 is 0. The number of aliphatic hydroxyl groups is 2. The number of benzene rings is 2. The highest BCUT2D eigenvalue weighted by Crippen LogP contribution is 2.29. The normalized spacial score (nSPS) is 14.6. The fourth-order valence-corrected chi connectivity index (χ4v) is 4.04. The number of carboxylic acids is 1. The van der Waals surface area contributed by atoms with Gasteiger partial charge in [-0.2, -0.15) is 5.10 Å². The lowest BCUT2D eigenvalue weighted by molar-refractivity contribution is -0.139. The number of hydrogen-bond acceptors (Lipinski definition) is 6. The smallest absolute Gasteiger partial charge is 0.305 e. The van der Waals surface area contributed by atoms with Crippen LogP contribution in [0.25, 0.3) is 0 Å². The molecule has 0 heterocycles. The quantitative estimate of drug-likeness (QED) is 0.226. The lowest BCUT2D eigenvalue weighted by Crippen LogP contribution is -2.31. The van der Waals surface area contributed by atoms with Gasteiger partial charge in [-0.1, -0.05) is 44.2 Å². The van der Waals surface area contributed by atoms with Crippen molar-refractivity contribution in [3.63, 3.8) is 0 Å². The number of amides is 1. The Kier molecular flexibility index (Phi) is 12.3. The first-order chi connectivity index (χ1) is 18.4. The number of carbonyl (C=O) groups is 2. The van der Waals surface area contributed by atoms with Gasteiger partial charge in [0.2, 0.25) is 0 Å². The molecule has 2 rings (SSSR count). The first-order valence-electron chi connectivity index (χ1n) is 13.1. The molecule has 9 heteroatoms. The van der Waals surface area contributed by atoms with Gasteiger partial charge in [0, 0.05) is 12.7 Å². The zero-order chi connectivity index (χ0) is 29.1. The van der Waals surface area contributed by atoms with Crippen molar-refractivity contribution >= 4 is 23.8 Å². The number of carboxylic acid groups (broad SMARTS) is 1. The Balaban J connectivity index is 2.35. The van der Waals surface area contributed by atoms with Crippen LogP contribution in [0.15, 0.2) is 71.0 Å². The number of rotatable bonds is 14. The van der Waals surface area contributed by atoms with E-state index in [9.17, 15) is 24.2 Å². The number of halogens is 1. The molecule has 0 radical (unpaired) electrons. The Morgan fingerprint density at radius 1 is 1.00 bits per heavy atom. The van der Waals surface area contributed by atoms with Crippen LogP contribution in [0.5, 0.6) is 0 Å². The van der Waals surface area contributed by atoms with E-state index in [1.807, 2.05) is 58.0 Å². The molecule has 3 atom stereocenters. The molecule has 39 heavy (non-hydrogen) atoms. The molecule has 8 nitrogen and oxygen atoms in total. The molecule has 0 fully saturated rings. The SMILES string of the molecule is C/C(=C(/CCC(O)CC(O)CC(=O)O)N(/N=C/C(=O)N(C)C(C)c1ccccc1)c1ccc(F)cc1)C(C)C. The van der Waals surface area contributed by atoms with Gasteiger partial charge in [-0.3, -0.25) is 9.59 Å². The largest absolute Gasteiger partial charge is 0.481 e. The van der Waals surface area contributed by atoms with E-state index in [0.717, 1.165) is 11.1 Å². The third-order valence-electron chi connectivity index (χ3n) is 6.81. The van der Waals surface area contributed by atoms with Gasteiger partial charge >= 0.3 is 5.97 Å². The maximum Gasteiger partial charge on any atom is 0.305 e. The van der Waals surface area contributed by atoms with Gasteiger partial charge in [0.05, 0.1) is 30.4 Å². The van der Waals surface area contributed by atoms with Gasteiger partial charge in [-0.25, -0.2) is 9.40 Å². The summed E-state index contributed by atoms with van der Waals surface area (Å²) in [6, 6.07) is 15.2. The molecule has 0 saturated heterocycles. The maximum atomic E-state index is 13.7. The van der Waals surface area contributed by atoms with Crippen LogP contribution in [0.1, 0.15) is 65.0 Å². The van der Waals surface area contributed by atoms with Crippen LogP contribution in [0.4, 0.5) is 10.1 Å². The monoisotopic (exact) mass is 541 g/mol. The second-order valence-electron chi connectivity index (χ2n) is 10.0. The van der Waals surface area contributed by atoms with Gasteiger partial charge < -0.3 is 20.2 Å². The number of aliphatic hydroxyl groups excluding tert-OH is 2. The molecule has 212 valence electrons. The molecule has 1 amide bonds. The highest BCUT2D eigenvalue weighted by Gasteiger charge is 2.21. The van der Waals surface area contributed by atoms with E-state index in [1.165, 1.54) is 18.3 Å². The lowest BCUT2D eigenvalue weighted by atomic mass is 9.97. The summed E-state index contributed by atoms with van der Waals surface area (Å²) in [5.74, 6) is -1.77. The first kappa shape index (κ1) is 31.7. The van der Waals surface area contributed by atoms with Crippen molar-refractivity contribution in [2.75, 3.05) is 12.1 Å². The Hall–Kier alpha value is -3.56. The second-order valence-corrected chi connectivity index (χ2v) is 10.0. The molecular weight excluding hydrogens is 501 g/mol. The Bertz CT molecular complexity index is 1140. The predicted molar refractivity (Wildman–Crippen MR) is 151 cm³/mol. The molecule has 0 aromatic heterocycles. The topological polar surface area (TPSA) is 114 Å². The molecule has 3 unspecified atom stereocenters. The number of anilines is 1. The third-order valence-corrected chi connectivity index (χ3v) is 6.81. The molecule has 2 aromatic carbocycles. The van der Waals surface area contributed by atoms with E-state index in [4.69, 9.17) is 5.11 Å². The predicted octanol–water partition coefficient (Wildman–Crippen LogP) is 5.13. The van der Waals surface area contributed by atoms with E-state index in [0.29, 0.717) is 17.8 Å². The summed E-state index contributed by atoms with van der Waals surface area (Å²) in [5, 5.41) is 35.4. The van der Waals surface area contributed by atoms with Crippen LogP contribution in [-0.4, -0.2) is 57.6 Å². The molecule has 0 saturated carbocycles. The summed E-state index contributed by atoms with van der Waals surface area (Å²) in [6.45, 7) is 7.88. The maximum absolute atomic E-state index is 13.7. The second kappa shape index (κ2) is 15.1. The van der Waals surface area contributed by atoms with Crippen LogP contribution in [-0.2, 0) is 9.59 Å². The number of hydrazone groups is 1. The average Bonchev–Trinajstić information content (AvgIpc) is 2.89. The van der Waals surface area contributed by atoms with Gasteiger partial charge in [-0.05, 0) is 74.4 Å². The Labute approximate surface area is 230 Å². The van der Waals surface area contributed by atoms with Crippen molar-refractivity contribution in [2.24, 2.45) is 11.0 Å². The van der Waals surface area contributed by atoms with Crippen molar-refractivity contribution < 1.29 is 29.3 Å². The van der Waals surface area contributed by atoms with Gasteiger partial charge in [-0.15, -0.1) is 0 Å². The summed E-state index contributed by atoms with van der Waals surface area (Å²) in [5.41, 5.74) is 3.18. The Morgan fingerprint density at radius 3 is 2.18 bits per heavy atom. The molecule has 3 N–H and O–H groups in total. The number of nitrogens with zero attached hydrogens (tertiary/aromatic N) is 3. The highest BCUT2D eigenvalue weighted by molar-refractivity contribution is 6.26. The van der Waals surface area contributed by atoms with Crippen molar-refractivity contribution in [1.82, 2.24) is 4.90 Å². The third kappa shape index (κ3) is 9.92. The van der Waals surface area contributed by atoms with Crippen LogP contribution in [0.3, 0.4) is 0 Å². The summed E-state index contributed by atoms with van der Waals surface area (Å²) in [4.78, 5) is 25.5. The van der Waals surface area contributed by atoms with Gasteiger partial charge in [0.25, 0.3) is 5.91 Å². The highest BCUT2D eigenvalue weighted by atomic mass is 19.1. The molecule has 0 aliphatic rings. The van der Waals surface area contributed by atoms with Crippen LogP contribution >= 0.6 is 0 Å². The van der Waals surface area contributed by atoms with Crippen LogP contribution in [0.2, 0.25) is 0 Å². The Morgan fingerprint density at radius 2 is 1.62 bits per heavy atom. The fraction of sp³-hybridized carbons (Fsp3) is 0.433. The van der Waals surface area contributed by atoms with E-state index in [1.54, 1.807) is 29.1 Å². The lowest BCUT2D eigenvalue weighted by Gasteiger charge is -2.28. The van der Waals surface area contributed by atoms with E-state index < -0.39 is 30.4 Å². The van der Waals surface area contributed by atoms with Crippen LogP contribution in [0, 0.1) is 11.7 Å². The fourth-order valence-electron chi connectivity index (χ4n) is 4.04. The summed E-state index contributed by atoms with van der Waals surface area (Å²) in [6.07, 6.45) is -0.875. The first-order valence-corrected chi connectivity index (χ1v) is 13.1.